The minimum absolute atomic E-state index is 0.0625. The van der Waals surface area contributed by atoms with E-state index in [0.717, 1.165) is 44.9 Å². The first-order chi connectivity index (χ1) is 18.9. The van der Waals surface area contributed by atoms with Gasteiger partial charge in [-0.1, -0.05) is 25.3 Å². The first kappa shape index (κ1) is 27.4. The number of amides is 2. The lowest BCUT2D eigenvalue weighted by atomic mass is 10.1. The van der Waals surface area contributed by atoms with Crippen LogP contribution in [0, 0.1) is 0 Å². The first-order valence-corrected chi connectivity index (χ1v) is 15.7. The van der Waals surface area contributed by atoms with Crippen LogP contribution in [0.1, 0.15) is 73.3 Å². The molecule has 0 radical (unpaired) electrons. The van der Waals surface area contributed by atoms with Gasteiger partial charge in [0, 0.05) is 41.6 Å². The lowest BCUT2D eigenvalue weighted by molar-refractivity contribution is -0.123. The van der Waals surface area contributed by atoms with E-state index in [0.29, 0.717) is 17.1 Å². The maximum absolute atomic E-state index is 13.9. The second kappa shape index (κ2) is 11.9. The average Bonchev–Trinajstić information content (AvgIpc) is 3.67. The zero-order chi connectivity index (χ0) is 27.4. The van der Waals surface area contributed by atoms with Gasteiger partial charge in [0.05, 0.1) is 11.1 Å². The van der Waals surface area contributed by atoms with E-state index in [1.807, 2.05) is 24.4 Å². The molecule has 2 fully saturated rings. The molecule has 11 heteroatoms. The Kier molecular flexibility index (Phi) is 8.39. The SMILES string of the molecule is C[C@H]1CCCCN1S(=O)(=O)c1ccc(N(C(=O)c2cnccn2)[C@@H](C(=O)NC2CCCC2)c2cccs2)cc1. The molecule has 0 spiro atoms. The Morgan fingerprint density at radius 3 is 2.44 bits per heavy atom. The Balaban J connectivity index is 1.54. The number of hydrogen-bond donors (Lipinski definition) is 1. The van der Waals surface area contributed by atoms with E-state index in [2.05, 4.69) is 15.3 Å². The summed E-state index contributed by atoms with van der Waals surface area (Å²) in [7, 11) is -3.69. The normalized spacial score (nSPS) is 19.5. The highest BCUT2D eigenvalue weighted by Gasteiger charge is 2.37. The third kappa shape index (κ3) is 5.90. The van der Waals surface area contributed by atoms with Crippen LogP contribution in [0.4, 0.5) is 5.69 Å². The second-order valence-corrected chi connectivity index (χ2v) is 13.0. The highest BCUT2D eigenvalue weighted by molar-refractivity contribution is 7.89. The average molecular weight is 568 g/mol. The number of sulfonamides is 1. The summed E-state index contributed by atoms with van der Waals surface area (Å²) in [5.41, 5.74) is 0.489. The third-order valence-electron chi connectivity index (χ3n) is 7.49. The molecule has 1 aromatic carbocycles. The summed E-state index contributed by atoms with van der Waals surface area (Å²) in [6.07, 6.45) is 10.9. The van der Waals surface area contributed by atoms with Crippen molar-refractivity contribution in [1.82, 2.24) is 19.6 Å². The van der Waals surface area contributed by atoms with Gasteiger partial charge >= 0.3 is 0 Å². The number of piperidine rings is 1. The van der Waals surface area contributed by atoms with E-state index in [9.17, 15) is 18.0 Å². The van der Waals surface area contributed by atoms with Gasteiger partial charge in [0.25, 0.3) is 5.91 Å². The van der Waals surface area contributed by atoms with Crippen molar-refractivity contribution >= 4 is 38.9 Å². The standard InChI is InChI=1S/C28H33N5O4S2/c1-20-7-4-5-17-32(20)39(36,37)23-13-11-22(12-14-23)33(28(35)24-19-29-15-16-30-24)26(25-10-6-18-38-25)27(34)31-21-8-2-3-9-21/h6,10-16,18-21,26H,2-5,7-9,17H2,1H3,(H,31,34)/t20-,26+/m0/s1. The molecular formula is C28H33N5O4S2. The van der Waals surface area contributed by atoms with Crippen LogP contribution in [0.3, 0.4) is 0 Å². The molecule has 0 unspecified atom stereocenters. The smallest absolute Gasteiger partial charge is 0.279 e. The molecule has 1 saturated carbocycles. The molecule has 0 bridgehead atoms. The molecule has 2 aromatic heterocycles. The molecule has 3 heterocycles. The van der Waals surface area contributed by atoms with Gasteiger partial charge in [-0.05, 0) is 68.3 Å². The number of benzene rings is 1. The zero-order valence-electron chi connectivity index (χ0n) is 21.9. The van der Waals surface area contributed by atoms with Crippen LogP contribution >= 0.6 is 11.3 Å². The predicted molar refractivity (Wildman–Crippen MR) is 150 cm³/mol. The highest BCUT2D eigenvalue weighted by Crippen LogP contribution is 2.34. The van der Waals surface area contributed by atoms with Crippen LogP contribution in [-0.4, -0.2) is 53.1 Å². The Hall–Kier alpha value is -3.15. The Morgan fingerprint density at radius 2 is 1.79 bits per heavy atom. The van der Waals surface area contributed by atoms with E-state index in [1.165, 1.54) is 47.0 Å². The minimum atomic E-state index is -3.69. The molecule has 1 N–H and O–H groups in total. The lowest BCUT2D eigenvalue weighted by Gasteiger charge is -2.33. The monoisotopic (exact) mass is 567 g/mol. The van der Waals surface area contributed by atoms with Crippen molar-refractivity contribution in [2.45, 2.75) is 74.9 Å². The number of anilines is 1. The number of carbonyl (C=O) groups excluding carboxylic acids is 2. The molecule has 2 atom stereocenters. The zero-order valence-corrected chi connectivity index (χ0v) is 23.5. The fourth-order valence-corrected chi connectivity index (χ4v) is 7.94. The van der Waals surface area contributed by atoms with Crippen LogP contribution < -0.4 is 10.2 Å². The topological polar surface area (TPSA) is 113 Å². The summed E-state index contributed by atoms with van der Waals surface area (Å²) in [5, 5.41) is 5.01. The first-order valence-electron chi connectivity index (χ1n) is 13.4. The van der Waals surface area contributed by atoms with Crippen LogP contribution in [-0.2, 0) is 14.8 Å². The van der Waals surface area contributed by atoms with Gasteiger partial charge in [0.15, 0.2) is 6.04 Å². The highest BCUT2D eigenvalue weighted by atomic mass is 32.2. The van der Waals surface area contributed by atoms with Crippen molar-refractivity contribution < 1.29 is 18.0 Å². The molecule has 1 aliphatic heterocycles. The van der Waals surface area contributed by atoms with Crippen LogP contribution in [0.2, 0.25) is 0 Å². The molecule has 9 nitrogen and oxygen atoms in total. The van der Waals surface area contributed by atoms with Crippen LogP contribution in [0.5, 0.6) is 0 Å². The van der Waals surface area contributed by atoms with Gasteiger partial charge in [-0.25, -0.2) is 13.4 Å². The van der Waals surface area contributed by atoms with Crippen molar-refractivity contribution in [2.75, 3.05) is 11.4 Å². The Labute approximate surface area is 233 Å². The number of rotatable bonds is 8. The molecular weight excluding hydrogens is 534 g/mol. The van der Waals surface area contributed by atoms with E-state index in [4.69, 9.17) is 0 Å². The maximum Gasteiger partial charge on any atom is 0.279 e. The summed E-state index contributed by atoms with van der Waals surface area (Å²) in [4.78, 5) is 38.2. The molecule has 5 rings (SSSR count). The largest absolute Gasteiger partial charge is 0.351 e. The summed E-state index contributed by atoms with van der Waals surface area (Å²) >= 11 is 1.39. The van der Waals surface area contributed by atoms with E-state index >= 15 is 0 Å². The Bertz CT molecular complexity index is 1380. The number of thiophene rings is 1. The summed E-state index contributed by atoms with van der Waals surface area (Å²) < 4.78 is 28.4. The van der Waals surface area contributed by atoms with Gasteiger partial charge in [0.1, 0.15) is 5.69 Å². The number of nitrogens with one attached hydrogen (secondary N) is 1. The van der Waals surface area contributed by atoms with E-state index in [1.54, 1.807) is 16.4 Å². The minimum Gasteiger partial charge on any atom is -0.351 e. The molecule has 2 aliphatic rings. The van der Waals surface area contributed by atoms with Crippen molar-refractivity contribution in [3.8, 4) is 0 Å². The molecule has 206 valence electrons. The molecule has 2 amide bonds. The number of nitrogens with zero attached hydrogens (tertiary/aromatic N) is 4. The number of aromatic nitrogens is 2. The molecule has 1 aliphatic carbocycles. The Morgan fingerprint density at radius 1 is 1.05 bits per heavy atom. The van der Waals surface area contributed by atoms with Gasteiger partial charge in [0.2, 0.25) is 15.9 Å². The number of carbonyl (C=O) groups is 2. The van der Waals surface area contributed by atoms with Crippen molar-refractivity contribution in [1.29, 1.82) is 0 Å². The molecule has 3 aromatic rings. The van der Waals surface area contributed by atoms with Gasteiger partial charge in [-0.2, -0.15) is 4.31 Å². The lowest BCUT2D eigenvalue weighted by Crippen LogP contribution is -2.46. The second-order valence-electron chi connectivity index (χ2n) is 10.1. The van der Waals surface area contributed by atoms with Crippen molar-refractivity contribution in [3.05, 3.63) is 70.9 Å². The van der Waals surface area contributed by atoms with Gasteiger partial charge in [-0.3, -0.25) is 19.5 Å². The van der Waals surface area contributed by atoms with Crippen LogP contribution in [0.25, 0.3) is 0 Å². The predicted octanol–water partition coefficient (Wildman–Crippen LogP) is 4.55. The van der Waals surface area contributed by atoms with Crippen LogP contribution in [0.15, 0.2) is 65.3 Å². The fraction of sp³-hybridized carbons (Fsp3) is 0.429. The van der Waals surface area contributed by atoms with Crippen molar-refractivity contribution in [2.24, 2.45) is 0 Å². The number of hydrogen-bond acceptors (Lipinski definition) is 7. The van der Waals surface area contributed by atoms with E-state index in [-0.39, 0.29) is 28.6 Å². The van der Waals surface area contributed by atoms with Gasteiger partial charge < -0.3 is 5.32 Å². The quantitative estimate of drug-likeness (QED) is 0.427. The van der Waals surface area contributed by atoms with Crippen molar-refractivity contribution in [3.63, 3.8) is 0 Å². The van der Waals surface area contributed by atoms with Gasteiger partial charge in [-0.15, -0.1) is 11.3 Å². The summed E-state index contributed by atoms with van der Waals surface area (Å²) in [5.74, 6) is -0.774. The summed E-state index contributed by atoms with van der Waals surface area (Å²) in [6, 6.07) is 8.94. The maximum atomic E-state index is 13.9. The van der Waals surface area contributed by atoms with E-state index < -0.39 is 22.0 Å². The molecule has 1 saturated heterocycles. The third-order valence-corrected chi connectivity index (χ3v) is 10.4. The molecule has 39 heavy (non-hydrogen) atoms. The fourth-order valence-electron chi connectivity index (χ4n) is 5.43. The summed E-state index contributed by atoms with van der Waals surface area (Å²) in [6.45, 7) is 2.42.